The lowest BCUT2D eigenvalue weighted by Crippen LogP contribution is -2.63. The highest BCUT2D eigenvalue weighted by atomic mass is 35.5. The molecule has 2 nitrogen and oxygen atoms in total. The van der Waals surface area contributed by atoms with E-state index in [-0.39, 0.29) is 5.54 Å². The van der Waals surface area contributed by atoms with Crippen molar-refractivity contribution in [3.05, 3.63) is 28.2 Å². The lowest BCUT2D eigenvalue weighted by Gasteiger charge is -2.47. The van der Waals surface area contributed by atoms with Gasteiger partial charge in [0.25, 0.3) is 0 Å². The fraction of sp³-hybridized carbons (Fsp3) is 0.600. The lowest BCUT2D eigenvalue weighted by molar-refractivity contribution is 0.261. The van der Waals surface area contributed by atoms with Gasteiger partial charge in [0.1, 0.15) is 0 Å². The molecule has 104 valence electrons. The van der Waals surface area contributed by atoms with Gasteiger partial charge in [-0.05, 0) is 44.7 Å². The number of halogens is 2. The standard InChI is InChI=1S/C15H20Cl2N2/c1-10-8-18-15(2,11-6-7-11)9-19(10)14-12(16)4-3-5-13(14)17/h3-5,10-11,18H,6-9H2,1-2H3. The molecule has 1 aromatic carbocycles. The van der Waals surface area contributed by atoms with Crippen LogP contribution in [0.1, 0.15) is 26.7 Å². The van der Waals surface area contributed by atoms with Crippen molar-refractivity contribution >= 4 is 28.9 Å². The number of anilines is 1. The van der Waals surface area contributed by atoms with Gasteiger partial charge in [-0.1, -0.05) is 29.3 Å². The fourth-order valence-corrected chi connectivity index (χ4v) is 3.73. The first-order chi connectivity index (χ1) is 9.01. The summed E-state index contributed by atoms with van der Waals surface area (Å²) in [6.07, 6.45) is 2.67. The highest BCUT2D eigenvalue weighted by molar-refractivity contribution is 6.39. The number of piperazine rings is 1. The average Bonchev–Trinajstić information content (AvgIpc) is 3.18. The maximum atomic E-state index is 6.37. The molecule has 2 fully saturated rings. The minimum absolute atomic E-state index is 0.189. The van der Waals surface area contributed by atoms with Gasteiger partial charge in [-0.15, -0.1) is 0 Å². The van der Waals surface area contributed by atoms with Crippen molar-refractivity contribution in [2.75, 3.05) is 18.0 Å². The summed E-state index contributed by atoms with van der Waals surface area (Å²) in [4.78, 5) is 2.37. The quantitative estimate of drug-likeness (QED) is 0.889. The third-order valence-corrected chi connectivity index (χ3v) is 5.15. The molecule has 1 saturated carbocycles. The third-order valence-electron chi connectivity index (χ3n) is 4.54. The first-order valence-corrected chi connectivity index (χ1v) is 7.72. The number of nitrogens with one attached hydrogen (secondary N) is 1. The molecule has 1 aliphatic heterocycles. The first-order valence-electron chi connectivity index (χ1n) is 6.97. The maximum absolute atomic E-state index is 6.37. The van der Waals surface area contributed by atoms with Gasteiger partial charge in [0.15, 0.2) is 0 Å². The molecule has 2 aliphatic rings. The topological polar surface area (TPSA) is 15.3 Å². The molecule has 3 rings (SSSR count). The van der Waals surface area contributed by atoms with E-state index >= 15 is 0 Å². The molecule has 0 amide bonds. The predicted molar refractivity (Wildman–Crippen MR) is 82.4 cm³/mol. The number of para-hydroxylation sites is 1. The smallest absolute Gasteiger partial charge is 0.0748 e. The van der Waals surface area contributed by atoms with Gasteiger partial charge in [0.2, 0.25) is 0 Å². The van der Waals surface area contributed by atoms with Crippen LogP contribution in [0.4, 0.5) is 5.69 Å². The molecule has 1 aliphatic carbocycles. The molecule has 1 aromatic rings. The number of benzene rings is 1. The normalized spacial score (nSPS) is 31.6. The summed E-state index contributed by atoms with van der Waals surface area (Å²) in [7, 11) is 0. The van der Waals surface area contributed by atoms with Crippen molar-refractivity contribution in [3.63, 3.8) is 0 Å². The molecule has 0 spiro atoms. The highest BCUT2D eigenvalue weighted by Gasteiger charge is 2.45. The summed E-state index contributed by atoms with van der Waals surface area (Å²) < 4.78 is 0. The molecule has 0 radical (unpaired) electrons. The molecule has 1 heterocycles. The Morgan fingerprint density at radius 2 is 1.89 bits per heavy atom. The second kappa shape index (κ2) is 4.83. The van der Waals surface area contributed by atoms with E-state index in [1.54, 1.807) is 0 Å². The minimum Gasteiger partial charge on any atom is -0.363 e. The molecule has 2 atom stereocenters. The fourth-order valence-electron chi connectivity index (χ4n) is 3.11. The number of hydrogen-bond acceptors (Lipinski definition) is 2. The van der Waals surface area contributed by atoms with Crippen LogP contribution in [-0.2, 0) is 0 Å². The number of rotatable bonds is 2. The molecular weight excluding hydrogens is 279 g/mol. The van der Waals surface area contributed by atoms with Gasteiger partial charge in [-0.25, -0.2) is 0 Å². The second-order valence-electron chi connectivity index (χ2n) is 6.12. The van der Waals surface area contributed by atoms with Crippen LogP contribution in [-0.4, -0.2) is 24.7 Å². The Bertz CT molecular complexity index is 467. The lowest BCUT2D eigenvalue weighted by atomic mass is 9.91. The molecule has 2 unspecified atom stereocenters. The Hall–Kier alpha value is -0.440. The van der Waals surface area contributed by atoms with Gasteiger partial charge >= 0.3 is 0 Å². The summed E-state index contributed by atoms with van der Waals surface area (Å²) in [5.41, 5.74) is 1.18. The zero-order chi connectivity index (χ0) is 13.6. The zero-order valence-electron chi connectivity index (χ0n) is 11.4. The maximum Gasteiger partial charge on any atom is 0.0748 e. The minimum atomic E-state index is 0.189. The van der Waals surface area contributed by atoms with E-state index < -0.39 is 0 Å². The Morgan fingerprint density at radius 1 is 1.26 bits per heavy atom. The monoisotopic (exact) mass is 298 g/mol. The van der Waals surface area contributed by atoms with E-state index in [2.05, 4.69) is 24.1 Å². The van der Waals surface area contributed by atoms with Crippen molar-refractivity contribution < 1.29 is 0 Å². The summed E-state index contributed by atoms with van der Waals surface area (Å²) in [5.74, 6) is 0.795. The van der Waals surface area contributed by atoms with Crippen LogP contribution in [0.25, 0.3) is 0 Å². The highest BCUT2D eigenvalue weighted by Crippen LogP contribution is 2.44. The van der Waals surface area contributed by atoms with Crippen molar-refractivity contribution in [1.82, 2.24) is 5.32 Å². The van der Waals surface area contributed by atoms with Crippen molar-refractivity contribution in [2.45, 2.75) is 38.3 Å². The first kappa shape index (κ1) is 13.5. The van der Waals surface area contributed by atoms with Crippen molar-refractivity contribution in [2.24, 2.45) is 5.92 Å². The molecule has 1 N–H and O–H groups in total. The SMILES string of the molecule is CC1CNC(C)(C2CC2)CN1c1c(Cl)cccc1Cl. The molecule has 19 heavy (non-hydrogen) atoms. The van der Waals surface area contributed by atoms with Crippen molar-refractivity contribution in [3.8, 4) is 0 Å². The summed E-state index contributed by atoms with van der Waals surface area (Å²) in [5, 5.41) is 5.22. The van der Waals surface area contributed by atoms with Crippen LogP contribution < -0.4 is 10.2 Å². The molecule has 1 saturated heterocycles. The van der Waals surface area contributed by atoms with Gasteiger partial charge < -0.3 is 10.2 Å². The Kier molecular flexibility index (Phi) is 3.45. The van der Waals surface area contributed by atoms with E-state index in [0.717, 1.165) is 34.7 Å². The third kappa shape index (κ3) is 2.46. The van der Waals surface area contributed by atoms with Gasteiger partial charge in [-0.2, -0.15) is 0 Å². The van der Waals surface area contributed by atoms with Crippen LogP contribution >= 0.6 is 23.2 Å². The second-order valence-corrected chi connectivity index (χ2v) is 6.93. The van der Waals surface area contributed by atoms with Crippen LogP contribution in [0.2, 0.25) is 10.0 Å². The number of nitrogens with zero attached hydrogens (tertiary/aromatic N) is 1. The molecule has 0 bridgehead atoms. The van der Waals surface area contributed by atoms with E-state index in [1.165, 1.54) is 12.8 Å². The summed E-state index contributed by atoms with van der Waals surface area (Å²) in [6.45, 7) is 6.50. The van der Waals surface area contributed by atoms with Gasteiger partial charge in [0.05, 0.1) is 15.7 Å². The summed E-state index contributed by atoms with van der Waals surface area (Å²) >= 11 is 12.7. The average molecular weight is 299 g/mol. The largest absolute Gasteiger partial charge is 0.363 e. The predicted octanol–water partition coefficient (Wildman–Crippen LogP) is 3.96. The molecule has 0 aromatic heterocycles. The van der Waals surface area contributed by atoms with Crippen LogP contribution in [0.3, 0.4) is 0 Å². The van der Waals surface area contributed by atoms with E-state index in [9.17, 15) is 0 Å². The molecule has 4 heteroatoms. The van der Waals surface area contributed by atoms with E-state index in [1.807, 2.05) is 18.2 Å². The Labute approximate surface area is 125 Å². The zero-order valence-corrected chi connectivity index (χ0v) is 12.9. The molecular formula is C15H20Cl2N2. The van der Waals surface area contributed by atoms with Crippen molar-refractivity contribution in [1.29, 1.82) is 0 Å². The Morgan fingerprint density at radius 3 is 2.47 bits per heavy atom. The van der Waals surface area contributed by atoms with Gasteiger partial charge in [-0.3, -0.25) is 0 Å². The summed E-state index contributed by atoms with van der Waals surface area (Å²) in [6, 6.07) is 6.16. The number of hydrogen-bond donors (Lipinski definition) is 1. The van der Waals surface area contributed by atoms with E-state index in [0.29, 0.717) is 6.04 Å². The van der Waals surface area contributed by atoms with Crippen LogP contribution in [0.15, 0.2) is 18.2 Å². The van der Waals surface area contributed by atoms with E-state index in [4.69, 9.17) is 23.2 Å². The van der Waals surface area contributed by atoms with Gasteiger partial charge in [0, 0.05) is 24.7 Å². The van der Waals surface area contributed by atoms with Crippen LogP contribution in [0, 0.1) is 5.92 Å². The van der Waals surface area contributed by atoms with Crippen LogP contribution in [0.5, 0.6) is 0 Å². The Balaban J connectivity index is 1.93.